The van der Waals surface area contributed by atoms with Crippen molar-refractivity contribution in [1.82, 2.24) is 5.43 Å². The van der Waals surface area contributed by atoms with Crippen LogP contribution in [-0.2, 0) is 10.5 Å². The van der Waals surface area contributed by atoms with Gasteiger partial charge >= 0.3 is 0 Å². The summed E-state index contributed by atoms with van der Waals surface area (Å²) in [5.74, 6) is 1.07. The highest BCUT2D eigenvalue weighted by atomic mass is 32.2. The summed E-state index contributed by atoms with van der Waals surface area (Å²) >= 11 is 1.54. The first-order valence-corrected chi connectivity index (χ1v) is 9.46. The molecule has 0 aromatic heterocycles. The Hall–Kier alpha value is -2.79. The van der Waals surface area contributed by atoms with Crippen molar-refractivity contribution in [3.05, 3.63) is 77.9 Å². The molecule has 0 aliphatic carbocycles. The van der Waals surface area contributed by atoms with Crippen LogP contribution in [0.4, 0.5) is 0 Å². The van der Waals surface area contributed by atoms with E-state index in [1.807, 2.05) is 18.2 Å². The molecule has 0 fully saturated rings. The summed E-state index contributed by atoms with van der Waals surface area (Å²) in [6, 6.07) is 21.5. The summed E-state index contributed by atoms with van der Waals surface area (Å²) in [6.07, 6.45) is 0. The first-order chi connectivity index (χ1) is 12.6. The molecule has 1 amide bonds. The third kappa shape index (κ3) is 4.64. The van der Waals surface area contributed by atoms with Crippen LogP contribution in [0.25, 0.3) is 10.8 Å². The van der Waals surface area contributed by atoms with Gasteiger partial charge in [0.2, 0.25) is 5.91 Å². The molecule has 2 N–H and O–H groups in total. The van der Waals surface area contributed by atoms with Crippen LogP contribution in [0.3, 0.4) is 0 Å². The van der Waals surface area contributed by atoms with Gasteiger partial charge in [0.25, 0.3) is 0 Å². The van der Waals surface area contributed by atoms with Crippen molar-refractivity contribution in [3.8, 4) is 5.75 Å². The van der Waals surface area contributed by atoms with Crippen LogP contribution in [0.1, 0.15) is 18.1 Å². The lowest BCUT2D eigenvalue weighted by atomic mass is 10.1. The minimum absolute atomic E-state index is 0.147. The maximum atomic E-state index is 12.0. The Morgan fingerprint density at radius 3 is 2.58 bits per heavy atom. The molecule has 5 heteroatoms. The van der Waals surface area contributed by atoms with E-state index in [9.17, 15) is 9.90 Å². The number of benzene rings is 3. The van der Waals surface area contributed by atoms with Crippen LogP contribution >= 0.6 is 11.8 Å². The molecule has 3 aromatic carbocycles. The number of carbonyl (C=O) groups is 1. The van der Waals surface area contributed by atoms with Crippen LogP contribution in [-0.4, -0.2) is 22.5 Å². The number of phenolic OH excluding ortho intramolecular Hbond substituents is 1. The topological polar surface area (TPSA) is 61.7 Å². The number of phenols is 1. The van der Waals surface area contributed by atoms with Crippen molar-refractivity contribution in [2.75, 3.05) is 5.75 Å². The molecule has 0 spiro atoms. The number of thioether (sulfide) groups is 1. The number of fused-ring (bicyclic) bond motifs is 1. The number of nitrogens with one attached hydrogen (secondary N) is 1. The lowest BCUT2D eigenvalue weighted by Crippen LogP contribution is -2.21. The zero-order valence-corrected chi connectivity index (χ0v) is 15.3. The molecule has 0 radical (unpaired) electrons. The van der Waals surface area contributed by atoms with Gasteiger partial charge in [-0.25, -0.2) is 5.43 Å². The average molecular weight is 364 g/mol. The number of carbonyl (C=O) groups excluding carboxylic acids is 1. The Balaban J connectivity index is 1.50. The molecule has 0 saturated heterocycles. The van der Waals surface area contributed by atoms with E-state index in [-0.39, 0.29) is 11.7 Å². The van der Waals surface area contributed by atoms with Gasteiger partial charge < -0.3 is 5.11 Å². The zero-order chi connectivity index (χ0) is 18.4. The fourth-order valence-corrected chi connectivity index (χ4v) is 3.38. The largest absolute Gasteiger partial charge is 0.507 e. The number of hydrogen-bond donors (Lipinski definition) is 2. The third-order valence-electron chi connectivity index (χ3n) is 3.96. The van der Waals surface area contributed by atoms with Gasteiger partial charge in [-0.05, 0) is 35.4 Å². The van der Waals surface area contributed by atoms with Crippen LogP contribution < -0.4 is 5.43 Å². The summed E-state index contributed by atoms with van der Waals surface area (Å²) in [4.78, 5) is 12.0. The predicted molar refractivity (Wildman–Crippen MR) is 109 cm³/mol. The summed E-state index contributed by atoms with van der Waals surface area (Å²) in [5, 5.41) is 16.3. The Morgan fingerprint density at radius 1 is 1.04 bits per heavy atom. The normalized spacial score (nSPS) is 11.5. The van der Waals surface area contributed by atoms with Crippen LogP contribution in [0.2, 0.25) is 0 Å². The van der Waals surface area contributed by atoms with Crippen LogP contribution in [0.5, 0.6) is 5.75 Å². The molecule has 0 heterocycles. The van der Waals surface area contributed by atoms with E-state index < -0.39 is 0 Å². The first-order valence-electron chi connectivity index (χ1n) is 8.30. The first kappa shape index (κ1) is 18.0. The van der Waals surface area contributed by atoms with Crippen molar-refractivity contribution in [2.24, 2.45) is 5.10 Å². The monoisotopic (exact) mass is 364 g/mol. The van der Waals surface area contributed by atoms with Gasteiger partial charge in [-0.1, -0.05) is 54.6 Å². The number of nitrogens with zero attached hydrogens (tertiary/aromatic N) is 1. The SMILES string of the molecule is CC(=NNC(=O)CSCc1ccc2ccccc2c1)c1ccccc1O. The zero-order valence-electron chi connectivity index (χ0n) is 14.5. The highest BCUT2D eigenvalue weighted by molar-refractivity contribution is 7.99. The molecule has 0 atom stereocenters. The van der Waals surface area contributed by atoms with E-state index in [1.165, 1.54) is 16.3 Å². The number of rotatable bonds is 6. The molecule has 26 heavy (non-hydrogen) atoms. The van der Waals surface area contributed by atoms with Gasteiger partial charge in [0.15, 0.2) is 0 Å². The second kappa shape index (κ2) is 8.54. The molecular formula is C21H20N2O2S. The molecule has 0 unspecified atom stereocenters. The molecule has 0 saturated carbocycles. The van der Waals surface area contributed by atoms with E-state index in [1.54, 1.807) is 36.9 Å². The Morgan fingerprint density at radius 2 is 1.77 bits per heavy atom. The van der Waals surface area contributed by atoms with Gasteiger partial charge in [-0.3, -0.25) is 4.79 Å². The molecule has 0 aliphatic rings. The molecule has 3 rings (SSSR count). The maximum absolute atomic E-state index is 12.0. The van der Waals surface area contributed by atoms with E-state index in [4.69, 9.17) is 0 Å². The number of para-hydroxylation sites is 1. The fourth-order valence-electron chi connectivity index (χ4n) is 2.61. The third-order valence-corrected chi connectivity index (χ3v) is 4.96. The lowest BCUT2D eigenvalue weighted by molar-refractivity contribution is -0.118. The van der Waals surface area contributed by atoms with E-state index in [2.05, 4.69) is 40.9 Å². The van der Waals surface area contributed by atoms with Gasteiger partial charge in [0.05, 0.1) is 11.5 Å². The molecule has 132 valence electrons. The number of aromatic hydroxyl groups is 1. The summed E-state index contributed by atoms with van der Waals surface area (Å²) in [7, 11) is 0. The van der Waals surface area contributed by atoms with Gasteiger partial charge in [-0.15, -0.1) is 11.8 Å². The van der Waals surface area contributed by atoms with Crippen molar-refractivity contribution < 1.29 is 9.90 Å². The van der Waals surface area contributed by atoms with E-state index in [0.717, 1.165) is 5.75 Å². The smallest absolute Gasteiger partial charge is 0.250 e. The van der Waals surface area contributed by atoms with E-state index >= 15 is 0 Å². The lowest BCUT2D eigenvalue weighted by Gasteiger charge is -2.05. The quantitative estimate of drug-likeness (QED) is 0.506. The molecule has 4 nitrogen and oxygen atoms in total. The van der Waals surface area contributed by atoms with Crippen molar-refractivity contribution in [3.63, 3.8) is 0 Å². The second-order valence-corrected chi connectivity index (χ2v) is 6.91. The maximum Gasteiger partial charge on any atom is 0.250 e. The predicted octanol–water partition coefficient (Wildman–Crippen LogP) is 4.32. The Bertz CT molecular complexity index is 953. The van der Waals surface area contributed by atoms with Gasteiger partial charge in [-0.2, -0.15) is 5.10 Å². The minimum atomic E-state index is -0.162. The summed E-state index contributed by atoms with van der Waals surface area (Å²) in [5.41, 5.74) is 4.90. The highest BCUT2D eigenvalue weighted by Crippen LogP contribution is 2.19. The Labute approximate surface area is 156 Å². The van der Waals surface area contributed by atoms with E-state index in [0.29, 0.717) is 17.0 Å². The highest BCUT2D eigenvalue weighted by Gasteiger charge is 2.05. The standard InChI is InChI=1S/C21H20N2O2S/c1-15(19-8-4-5-9-20(19)24)22-23-21(25)14-26-13-16-10-11-17-6-2-3-7-18(17)12-16/h2-12,24H,13-14H2,1H3,(H,23,25). The number of amides is 1. The van der Waals surface area contributed by atoms with Crippen molar-refractivity contribution >= 4 is 34.2 Å². The Kier molecular flexibility index (Phi) is 5.92. The van der Waals surface area contributed by atoms with Gasteiger partial charge in [0.1, 0.15) is 5.75 Å². The number of hydrogen-bond acceptors (Lipinski definition) is 4. The van der Waals surface area contributed by atoms with Gasteiger partial charge in [0, 0.05) is 11.3 Å². The van der Waals surface area contributed by atoms with Crippen molar-refractivity contribution in [2.45, 2.75) is 12.7 Å². The van der Waals surface area contributed by atoms with Crippen LogP contribution in [0, 0.1) is 0 Å². The average Bonchev–Trinajstić information content (AvgIpc) is 2.66. The minimum Gasteiger partial charge on any atom is -0.507 e. The fraction of sp³-hybridized carbons (Fsp3) is 0.143. The molecular weight excluding hydrogens is 344 g/mol. The molecule has 0 bridgehead atoms. The van der Waals surface area contributed by atoms with Crippen molar-refractivity contribution in [1.29, 1.82) is 0 Å². The molecule has 0 aliphatic heterocycles. The second-order valence-electron chi connectivity index (χ2n) is 5.92. The summed E-state index contributed by atoms with van der Waals surface area (Å²) in [6.45, 7) is 1.75. The molecule has 3 aromatic rings. The number of hydrazone groups is 1. The van der Waals surface area contributed by atoms with Crippen LogP contribution in [0.15, 0.2) is 71.8 Å². The summed E-state index contributed by atoms with van der Waals surface area (Å²) < 4.78 is 0.